The molecule has 0 atom stereocenters. The maximum absolute atomic E-state index is 9.00. The second-order valence-corrected chi connectivity index (χ2v) is 0.519. The van der Waals surface area contributed by atoms with E-state index >= 15 is 0 Å². The van der Waals surface area contributed by atoms with Crippen LogP contribution in [-0.4, -0.2) is 124 Å². The Bertz CT molecular complexity index is 33.9. The van der Waals surface area contributed by atoms with Crippen LogP contribution < -0.4 is 0 Å². The summed E-state index contributed by atoms with van der Waals surface area (Å²) >= 11 is 0. The van der Waals surface area contributed by atoms with Crippen LogP contribution in [-0.2, 0) is 4.79 Å². The molecule has 36 valence electrons. The van der Waals surface area contributed by atoms with Crippen molar-refractivity contribution in [3.63, 3.8) is 0 Å². The first-order valence-electron chi connectivity index (χ1n) is 0.928. The number of hydrogen-bond acceptors (Lipinski definition) is 1. The second kappa shape index (κ2) is 16.1. The van der Waals surface area contributed by atoms with Gasteiger partial charge in [0.15, 0.2) is 0 Å². The van der Waals surface area contributed by atoms with Crippen molar-refractivity contribution in [1.82, 2.24) is 0 Å². The fraction of sp³-hybridized carbons (Fsp3) is 0.500. The summed E-state index contributed by atoms with van der Waals surface area (Å²) < 4.78 is 0. The van der Waals surface area contributed by atoms with Gasteiger partial charge >= 0.3 is 113 Å². The molecule has 1 N–H and O–H groups in total. The summed E-state index contributed by atoms with van der Waals surface area (Å²) in [5.74, 6) is -0.833. The molecule has 0 fully saturated rings. The van der Waals surface area contributed by atoms with Crippen LogP contribution >= 0.6 is 0 Å². The number of hydrogen-bond donors (Lipinski definition) is 1. The minimum absolute atomic E-state index is 0. The van der Waals surface area contributed by atoms with Crippen LogP contribution in [0.4, 0.5) is 0 Å². The topological polar surface area (TPSA) is 37.3 Å². The molecule has 0 aromatic carbocycles. The molecule has 0 aliphatic heterocycles. The van der Waals surface area contributed by atoms with Crippen molar-refractivity contribution < 1.29 is 9.90 Å². The molecule has 2 nitrogen and oxygen atoms in total. The van der Waals surface area contributed by atoms with Crippen LogP contribution in [0.2, 0.25) is 0 Å². The van der Waals surface area contributed by atoms with Gasteiger partial charge in [-0.1, -0.05) is 0 Å². The van der Waals surface area contributed by atoms with E-state index in [9.17, 15) is 0 Å². The van der Waals surface area contributed by atoms with Gasteiger partial charge in [-0.25, -0.2) is 0 Å². The summed E-state index contributed by atoms with van der Waals surface area (Å²) in [7, 11) is 0. The Kier molecular flexibility index (Phi) is 51.7. The van der Waals surface area contributed by atoms with E-state index in [4.69, 9.17) is 9.90 Å². The molecule has 0 unspecified atom stereocenters. The molecule has 0 amide bonds. The molecule has 0 aliphatic carbocycles. The summed E-state index contributed by atoms with van der Waals surface area (Å²) in [5, 5.41) is 7.42. The van der Waals surface area contributed by atoms with Gasteiger partial charge in [-0.3, -0.25) is 4.79 Å². The molecule has 0 bridgehead atoms. The zero-order chi connectivity index (χ0) is 3.58. The normalized spacial score (nSPS) is 3.57. The maximum atomic E-state index is 9.00. The quantitative estimate of drug-likeness (QED) is 0.419. The Hall–Kier alpha value is 3.25. The molecule has 7 heavy (non-hydrogen) atoms. The molecule has 0 aromatic heterocycles. The van der Waals surface area contributed by atoms with Gasteiger partial charge in [0.05, 0.1) is 0 Å². The van der Waals surface area contributed by atoms with Crippen LogP contribution in [0.3, 0.4) is 0 Å². The zero-order valence-electron chi connectivity index (χ0n) is 2.36. The van der Waals surface area contributed by atoms with Crippen molar-refractivity contribution in [2.75, 3.05) is 0 Å². The van der Waals surface area contributed by atoms with Crippen LogP contribution in [0, 0.1) is 0 Å². The van der Waals surface area contributed by atoms with Gasteiger partial charge in [0.25, 0.3) is 5.97 Å². The van der Waals surface area contributed by atoms with Crippen molar-refractivity contribution in [2.45, 2.75) is 6.92 Å². The molecule has 0 aliphatic rings. The number of carboxylic acids is 1. The Morgan fingerprint density at radius 3 is 1.29 bits per heavy atom. The average Bonchev–Trinajstić information content (AvgIpc) is 0.811. The van der Waals surface area contributed by atoms with Gasteiger partial charge in [-0.05, 0) is 0 Å². The predicted octanol–water partition coefficient (Wildman–Crippen LogP) is -2.66. The van der Waals surface area contributed by atoms with E-state index in [2.05, 4.69) is 0 Å². The van der Waals surface area contributed by atoms with Crippen molar-refractivity contribution in [3.8, 4) is 0 Å². The first-order chi connectivity index (χ1) is 1.73. The molecule has 0 saturated carbocycles. The van der Waals surface area contributed by atoms with Crippen LogP contribution in [0.15, 0.2) is 0 Å². The molecule has 0 radical (unpaired) electrons. The summed E-state index contributed by atoms with van der Waals surface area (Å²) in [6.07, 6.45) is 0. The van der Waals surface area contributed by atoms with Crippen LogP contribution in [0.5, 0.6) is 0 Å². The van der Waals surface area contributed by atoms with Crippen molar-refractivity contribution in [2.24, 2.45) is 0 Å². The first-order valence-corrected chi connectivity index (χ1v) is 0.928. The van der Waals surface area contributed by atoms with Crippen LogP contribution in [0.1, 0.15) is 6.92 Å². The van der Waals surface area contributed by atoms with Gasteiger partial charge in [0.2, 0.25) is 0 Å². The number of carbonyl (C=O) groups is 1. The molecular formula is C2H10Ca3O2. The van der Waals surface area contributed by atoms with E-state index in [1.165, 1.54) is 0 Å². The SMILES string of the molecule is CC(=O)O.[CaH2].[CaH2].[CaH2]. The Morgan fingerprint density at radius 2 is 1.29 bits per heavy atom. The third kappa shape index (κ3) is 46.0. The second-order valence-electron chi connectivity index (χ2n) is 0.519. The molecule has 0 rings (SSSR count). The molecular weight excluding hydrogens is 176 g/mol. The Balaban J connectivity index is -0.0000000150. The molecule has 0 spiro atoms. The van der Waals surface area contributed by atoms with E-state index in [0.717, 1.165) is 6.92 Å². The van der Waals surface area contributed by atoms with Crippen LogP contribution in [0.25, 0.3) is 0 Å². The monoisotopic (exact) mass is 186 g/mol. The zero-order valence-corrected chi connectivity index (χ0v) is 2.36. The van der Waals surface area contributed by atoms with Crippen molar-refractivity contribution in [1.29, 1.82) is 0 Å². The van der Waals surface area contributed by atoms with E-state index in [0.29, 0.717) is 0 Å². The molecule has 0 aromatic rings. The standard InChI is InChI=1S/C2H4O2.3Ca.6H/c1-2(3)4;;;;;;;;;/h1H3,(H,3,4);;;;;;;;;. The van der Waals surface area contributed by atoms with Gasteiger partial charge in [-0.2, -0.15) is 0 Å². The molecule has 5 heteroatoms. The first kappa shape index (κ1) is 22.5. The van der Waals surface area contributed by atoms with E-state index in [-0.39, 0.29) is 113 Å². The summed E-state index contributed by atoms with van der Waals surface area (Å²) in [4.78, 5) is 9.00. The molecule has 0 heterocycles. The van der Waals surface area contributed by atoms with Gasteiger partial charge < -0.3 is 5.11 Å². The number of carboxylic acid groups (broad SMARTS) is 1. The van der Waals surface area contributed by atoms with Gasteiger partial charge in [0, 0.05) is 6.92 Å². The fourth-order valence-electron chi connectivity index (χ4n) is 0. The number of rotatable bonds is 0. The van der Waals surface area contributed by atoms with Crippen molar-refractivity contribution in [3.05, 3.63) is 0 Å². The average molecular weight is 186 g/mol. The summed E-state index contributed by atoms with van der Waals surface area (Å²) in [6, 6.07) is 0. The third-order valence-electron chi connectivity index (χ3n) is 0. The Labute approximate surface area is 132 Å². The Morgan fingerprint density at radius 1 is 1.29 bits per heavy atom. The minimum atomic E-state index is -0.833. The van der Waals surface area contributed by atoms with E-state index < -0.39 is 5.97 Å². The predicted molar refractivity (Wildman–Crippen MR) is 38.9 cm³/mol. The fourth-order valence-corrected chi connectivity index (χ4v) is 0. The molecule has 0 saturated heterocycles. The summed E-state index contributed by atoms with van der Waals surface area (Å²) in [6.45, 7) is 1.08. The van der Waals surface area contributed by atoms with Gasteiger partial charge in [-0.15, -0.1) is 0 Å². The number of aliphatic carboxylic acids is 1. The summed E-state index contributed by atoms with van der Waals surface area (Å²) in [5.41, 5.74) is 0. The van der Waals surface area contributed by atoms with E-state index in [1.807, 2.05) is 0 Å². The van der Waals surface area contributed by atoms with Crippen molar-refractivity contribution >= 4 is 119 Å². The third-order valence-corrected chi connectivity index (χ3v) is 0. The van der Waals surface area contributed by atoms with Gasteiger partial charge in [0.1, 0.15) is 0 Å². The van der Waals surface area contributed by atoms with E-state index in [1.54, 1.807) is 0 Å².